The van der Waals surface area contributed by atoms with Crippen LogP contribution in [-0.4, -0.2) is 22.6 Å². The number of methoxy groups -OCH3 is 1. The summed E-state index contributed by atoms with van der Waals surface area (Å²) in [6.07, 6.45) is 0. The van der Waals surface area contributed by atoms with E-state index >= 15 is 0 Å². The molecule has 0 saturated carbocycles. The highest BCUT2D eigenvalue weighted by Gasteiger charge is 2.17. The van der Waals surface area contributed by atoms with Crippen molar-refractivity contribution in [3.05, 3.63) is 63.1 Å². The van der Waals surface area contributed by atoms with Crippen LogP contribution in [0.3, 0.4) is 0 Å². The van der Waals surface area contributed by atoms with Crippen LogP contribution in [0.2, 0.25) is 0 Å². The number of carbonyl (C=O) groups excluding carboxylic acids is 1. The number of esters is 1. The number of thiophene rings is 1. The van der Waals surface area contributed by atoms with Crippen molar-refractivity contribution in [3.63, 3.8) is 0 Å². The molecule has 6 nitrogen and oxygen atoms in total. The summed E-state index contributed by atoms with van der Waals surface area (Å²) in [7, 11) is 1.33. The van der Waals surface area contributed by atoms with Crippen LogP contribution >= 0.6 is 11.3 Å². The molecule has 3 aromatic rings. The van der Waals surface area contributed by atoms with E-state index in [4.69, 9.17) is 4.74 Å². The van der Waals surface area contributed by atoms with Gasteiger partial charge in [0.15, 0.2) is 0 Å². The van der Waals surface area contributed by atoms with Gasteiger partial charge in [0, 0.05) is 18.7 Å². The fourth-order valence-corrected chi connectivity index (χ4v) is 3.19. The third-order valence-corrected chi connectivity index (χ3v) is 4.23. The lowest BCUT2D eigenvalue weighted by molar-refractivity contribution is -0.384. The quantitative estimate of drug-likeness (QED) is 0.420. The van der Waals surface area contributed by atoms with Crippen molar-refractivity contribution < 1.29 is 14.5 Å². The first-order chi connectivity index (χ1) is 10.6. The Balaban J connectivity index is 2.06. The van der Waals surface area contributed by atoms with E-state index in [1.807, 2.05) is 16.0 Å². The standard InChI is InChI=1S/C15H12N2O4S/c1-21-15(18)13-8-14-12(5-6-22-14)16(13)9-10-3-2-4-11(7-10)17(19)20/h2-8H,9H2,1H3. The Labute approximate surface area is 129 Å². The van der Waals surface area contributed by atoms with Crippen LogP contribution < -0.4 is 0 Å². The SMILES string of the molecule is COC(=O)c1cc2sccc2n1Cc1cccc([N+](=O)[O-])c1. The van der Waals surface area contributed by atoms with E-state index in [1.165, 1.54) is 30.6 Å². The fourth-order valence-electron chi connectivity index (χ4n) is 2.37. The van der Waals surface area contributed by atoms with Crippen LogP contribution in [0.5, 0.6) is 0 Å². The number of nitro benzene ring substituents is 1. The number of hydrogen-bond acceptors (Lipinski definition) is 5. The second-order valence-electron chi connectivity index (χ2n) is 4.70. The minimum atomic E-state index is -0.430. The Morgan fingerprint density at radius 2 is 2.18 bits per heavy atom. The van der Waals surface area contributed by atoms with Crippen molar-refractivity contribution in [3.8, 4) is 0 Å². The van der Waals surface area contributed by atoms with Crippen molar-refractivity contribution in [2.75, 3.05) is 7.11 Å². The molecule has 22 heavy (non-hydrogen) atoms. The van der Waals surface area contributed by atoms with Crippen LogP contribution in [-0.2, 0) is 11.3 Å². The summed E-state index contributed by atoms with van der Waals surface area (Å²) in [5.41, 5.74) is 2.14. The molecule has 0 spiro atoms. The molecule has 2 aromatic heterocycles. The lowest BCUT2D eigenvalue weighted by atomic mass is 10.2. The van der Waals surface area contributed by atoms with Gasteiger partial charge in [0.1, 0.15) is 5.69 Å². The Kier molecular flexibility index (Phi) is 3.64. The number of non-ortho nitro benzene ring substituents is 1. The number of nitro groups is 1. The first kappa shape index (κ1) is 14.3. The predicted molar refractivity (Wildman–Crippen MR) is 83.4 cm³/mol. The molecule has 0 aliphatic carbocycles. The van der Waals surface area contributed by atoms with Crippen LogP contribution in [0.25, 0.3) is 10.2 Å². The van der Waals surface area contributed by atoms with Crippen molar-refractivity contribution in [2.45, 2.75) is 6.54 Å². The topological polar surface area (TPSA) is 74.4 Å². The third-order valence-electron chi connectivity index (χ3n) is 3.38. The Morgan fingerprint density at radius 3 is 2.91 bits per heavy atom. The zero-order valence-corrected chi connectivity index (χ0v) is 12.5. The highest BCUT2D eigenvalue weighted by molar-refractivity contribution is 7.17. The van der Waals surface area contributed by atoms with E-state index in [1.54, 1.807) is 18.2 Å². The highest BCUT2D eigenvalue weighted by Crippen LogP contribution is 2.27. The van der Waals surface area contributed by atoms with Gasteiger partial charge in [-0.25, -0.2) is 4.79 Å². The minimum absolute atomic E-state index is 0.0332. The Hall–Kier alpha value is -2.67. The zero-order valence-electron chi connectivity index (χ0n) is 11.7. The van der Waals surface area contributed by atoms with Crippen LogP contribution in [0.15, 0.2) is 41.8 Å². The average molecular weight is 316 g/mol. The number of ether oxygens (including phenoxy) is 1. The fraction of sp³-hybridized carbons (Fsp3) is 0.133. The van der Waals surface area contributed by atoms with Gasteiger partial charge in [-0.15, -0.1) is 11.3 Å². The summed E-state index contributed by atoms with van der Waals surface area (Å²) in [5.74, 6) is -0.422. The summed E-state index contributed by atoms with van der Waals surface area (Å²) in [5, 5.41) is 12.8. The molecule has 0 amide bonds. The van der Waals surface area contributed by atoms with Gasteiger partial charge in [0.05, 0.1) is 22.2 Å². The molecule has 0 radical (unpaired) electrons. The first-order valence-corrected chi connectivity index (χ1v) is 7.36. The molecule has 1 aromatic carbocycles. The van der Waals surface area contributed by atoms with Gasteiger partial charge in [-0.3, -0.25) is 10.1 Å². The maximum Gasteiger partial charge on any atom is 0.354 e. The summed E-state index contributed by atoms with van der Waals surface area (Å²) in [6, 6.07) is 10.1. The van der Waals surface area contributed by atoms with Gasteiger partial charge in [0.25, 0.3) is 5.69 Å². The van der Waals surface area contributed by atoms with Crippen molar-refractivity contribution in [1.29, 1.82) is 0 Å². The number of rotatable bonds is 4. The molecular weight excluding hydrogens is 304 g/mol. The van der Waals surface area contributed by atoms with Gasteiger partial charge in [-0.05, 0) is 23.1 Å². The molecular formula is C15H12N2O4S. The molecule has 0 saturated heterocycles. The summed E-state index contributed by atoms with van der Waals surface area (Å²) in [6.45, 7) is 0.367. The number of aromatic nitrogens is 1. The number of fused-ring (bicyclic) bond motifs is 1. The lowest BCUT2D eigenvalue weighted by Crippen LogP contribution is -2.11. The Bertz CT molecular complexity index is 865. The van der Waals surface area contributed by atoms with E-state index < -0.39 is 10.9 Å². The monoisotopic (exact) mass is 316 g/mol. The van der Waals surface area contributed by atoms with E-state index in [0.29, 0.717) is 12.2 Å². The van der Waals surface area contributed by atoms with Crippen LogP contribution in [0.1, 0.15) is 16.1 Å². The van der Waals surface area contributed by atoms with Gasteiger partial charge >= 0.3 is 5.97 Å². The van der Waals surface area contributed by atoms with Crippen LogP contribution in [0, 0.1) is 10.1 Å². The minimum Gasteiger partial charge on any atom is -0.464 e. The zero-order chi connectivity index (χ0) is 15.7. The van der Waals surface area contributed by atoms with Crippen molar-refractivity contribution in [2.24, 2.45) is 0 Å². The van der Waals surface area contributed by atoms with Gasteiger partial charge in [-0.1, -0.05) is 12.1 Å². The maximum absolute atomic E-state index is 11.9. The molecule has 2 heterocycles. The Morgan fingerprint density at radius 1 is 1.36 bits per heavy atom. The van der Waals surface area contributed by atoms with E-state index in [0.717, 1.165) is 15.8 Å². The average Bonchev–Trinajstić information content (AvgIpc) is 3.09. The second-order valence-corrected chi connectivity index (χ2v) is 5.65. The smallest absolute Gasteiger partial charge is 0.354 e. The van der Waals surface area contributed by atoms with Gasteiger partial charge in [0.2, 0.25) is 0 Å². The maximum atomic E-state index is 11.9. The molecule has 7 heteroatoms. The molecule has 0 atom stereocenters. The second kappa shape index (κ2) is 5.61. The van der Waals surface area contributed by atoms with Crippen LogP contribution in [0.4, 0.5) is 5.69 Å². The lowest BCUT2D eigenvalue weighted by Gasteiger charge is -2.09. The van der Waals surface area contributed by atoms with Gasteiger partial charge < -0.3 is 9.30 Å². The molecule has 112 valence electrons. The summed E-state index contributed by atoms with van der Waals surface area (Å²) < 4.78 is 7.61. The molecule has 0 aliphatic rings. The molecule has 0 fully saturated rings. The number of benzene rings is 1. The van der Waals surface area contributed by atoms with E-state index in [2.05, 4.69) is 0 Å². The van der Waals surface area contributed by atoms with Crippen molar-refractivity contribution in [1.82, 2.24) is 4.57 Å². The van der Waals surface area contributed by atoms with E-state index in [9.17, 15) is 14.9 Å². The van der Waals surface area contributed by atoms with Gasteiger partial charge in [-0.2, -0.15) is 0 Å². The molecule has 0 N–H and O–H groups in total. The van der Waals surface area contributed by atoms with Crippen molar-refractivity contribution >= 4 is 33.2 Å². The normalized spacial score (nSPS) is 10.8. The third kappa shape index (κ3) is 2.46. The molecule has 0 unspecified atom stereocenters. The number of carbonyl (C=O) groups is 1. The summed E-state index contributed by atoms with van der Waals surface area (Å²) >= 11 is 1.53. The molecule has 3 rings (SSSR count). The summed E-state index contributed by atoms with van der Waals surface area (Å²) in [4.78, 5) is 22.4. The first-order valence-electron chi connectivity index (χ1n) is 6.48. The number of hydrogen-bond donors (Lipinski definition) is 0. The molecule has 0 aliphatic heterocycles. The number of nitrogens with zero attached hydrogens (tertiary/aromatic N) is 2. The highest BCUT2D eigenvalue weighted by atomic mass is 32.1. The van der Waals surface area contributed by atoms with E-state index in [-0.39, 0.29) is 5.69 Å². The largest absolute Gasteiger partial charge is 0.464 e. The molecule has 0 bridgehead atoms. The predicted octanol–water partition coefficient (Wildman–Crippen LogP) is 3.45.